The Balaban J connectivity index is 1.37. The fourth-order valence-electron chi connectivity index (χ4n) is 4.03. The molecule has 2 heteroatoms. The van der Waals surface area contributed by atoms with Crippen LogP contribution in [0, 0.1) is 0 Å². The van der Waals surface area contributed by atoms with Gasteiger partial charge in [-0.2, -0.15) is 0 Å². The van der Waals surface area contributed by atoms with Gasteiger partial charge >= 0.3 is 0 Å². The molecule has 0 aliphatic carbocycles. The number of rotatable bonds is 12. The van der Waals surface area contributed by atoms with Gasteiger partial charge in [-0.05, 0) is 55.0 Å². The molecule has 2 aromatic carbocycles. The zero-order chi connectivity index (χ0) is 19.3. The van der Waals surface area contributed by atoms with Gasteiger partial charge in [-0.15, -0.1) is 0 Å². The number of hydrogen-bond acceptors (Lipinski definition) is 1. The van der Waals surface area contributed by atoms with Crippen molar-refractivity contribution in [2.75, 3.05) is 18.1 Å². The maximum atomic E-state index is 5.86. The first kappa shape index (κ1) is 21.5. The minimum Gasteiger partial charge on any atom is -0.378 e. The van der Waals surface area contributed by atoms with Gasteiger partial charge in [-0.25, -0.2) is 0 Å². The third-order valence-corrected chi connectivity index (χ3v) is 8.11. The number of benzene rings is 2. The first-order valence-electron chi connectivity index (χ1n) is 11.2. The van der Waals surface area contributed by atoms with Gasteiger partial charge in [0.2, 0.25) is 0 Å². The van der Waals surface area contributed by atoms with E-state index in [2.05, 4.69) is 60.7 Å². The highest BCUT2D eigenvalue weighted by Crippen LogP contribution is 2.19. The molecule has 0 aromatic heterocycles. The number of aryl methyl sites for hydroxylation is 1. The smallest absolute Gasteiger partial charge is 0.133 e. The van der Waals surface area contributed by atoms with Crippen LogP contribution in [-0.2, 0) is 27.8 Å². The van der Waals surface area contributed by atoms with Crippen LogP contribution in [0.2, 0.25) is 0 Å². The summed E-state index contributed by atoms with van der Waals surface area (Å²) in [6.07, 6.45) is 12.5. The lowest BCUT2D eigenvalue weighted by Crippen LogP contribution is -2.18. The quantitative estimate of drug-likeness (QED) is 0.291. The standard InChI is InChI=1S/C26H37OS/c1(9-17-26-18-10-11-20-27-26)2-12-21-28(23-25-15-7-4-8-16-25)22-19-24-13-5-3-6-14-24/h3-8,13-16,26H,1-2,9-12,17-23H2/q+1. The maximum absolute atomic E-state index is 5.86. The van der Waals surface area contributed by atoms with Gasteiger partial charge < -0.3 is 4.74 Å². The van der Waals surface area contributed by atoms with E-state index in [0.29, 0.717) is 17.0 Å². The molecule has 2 atom stereocenters. The fourth-order valence-corrected chi connectivity index (χ4v) is 6.32. The molecule has 0 amide bonds. The van der Waals surface area contributed by atoms with Gasteiger partial charge in [0.25, 0.3) is 0 Å². The fraction of sp³-hybridized carbons (Fsp3) is 0.538. The zero-order valence-corrected chi connectivity index (χ0v) is 18.2. The van der Waals surface area contributed by atoms with Crippen LogP contribution in [0.25, 0.3) is 0 Å². The van der Waals surface area contributed by atoms with Crippen molar-refractivity contribution in [3.05, 3.63) is 71.8 Å². The van der Waals surface area contributed by atoms with E-state index in [0.717, 1.165) is 6.61 Å². The van der Waals surface area contributed by atoms with Crippen molar-refractivity contribution in [1.29, 1.82) is 0 Å². The monoisotopic (exact) mass is 397 g/mol. The SMILES string of the molecule is c1ccc(CC[S+](CCCCCCC2CCCCO2)Cc2ccccc2)cc1. The van der Waals surface area contributed by atoms with E-state index in [1.165, 1.54) is 86.2 Å². The Morgan fingerprint density at radius 3 is 2.18 bits per heavy atom. The van der Waals surface area contributed by atoms with Crippen molar-refractivity contribution in [2.24, 2.45) is 0 Å². The highest BCUT2D eigenvalue weighted by atomic mass is 32.2. The van der Waals surface area contributed by atoms with Gasteiger partial charge in [0.15, 0.2) is 0 Å². The summed E-state index contributed by atoms with van der Waals surface area (Å²) in [6, 6.07) is 22.1. The van der Waals surface area contributed by atoms with Crippen molar-refractivity contribution < 1.29 is 4.74 Å². The van der Waals surface area contributed by atoms with Crippen LogP contribution in [-0.4, -0.2) is 24.2 Å². The maximum Gasteiger partial charge on any atom is 0.133 e. The molecule has 2 aromatic rings. The second-order valence-corrected chi connectivity index (χ2v) is 10.4. The van der Waals surface area contributed by atoms with E-state index in [9.17, 15) is 0 Å². The Morgan fingerprint density at radius 2 is 1.46 bits per heavy atom. The molecule has 1 saturated heterocycles. The van der Waals surface area contributed by atoms with E-state index >= 15 is 0 Å². The largest absolute Gasteiger partial charge is 0.378 e. The average molecular weight is 398 g/mol. The van der Waals surface area contributed by atoms with E-state index in [4.69, 9.17) is 4.74 Å². The van der Waals surface area contributed by atoms with Crippen molar-refractivity contribution in [1.82, 2.24) is 0 Å². The lowest BCUT2D eigenvalue weighted by atomic mass is 10.0. The van der Waals surface area contributed by atoms with Crippen molar-refractivity contribution in [2.45, 2.75) is 69.6 Å². The predicted molar refractivity (Wildman–Crippen MR) is 124 cm³/mol. The molecule has 0 bridgehead atoms. The highest BCUT2D eigenvalue weighted by molar-refractivity contribution is 7.96. The van der Waals surface area contributed by atoms with Crippen LogP contribution in [0.5, 0.6) is 0 Å². The second-order valence-electron chi connectivity index (χ2n) is 8.08. The summed E-state index contributed by atoms with van der Waals surface area (Å²) in [6.45, 7) is 0.994. The van der Waals surface area contributed by atoms with Crippen LogP contribution in [0.1, 0.15) is 62.5 Å². The molecule has 1 fully saturated rings. The summed E-state index contributed by atoms with van der Waals surface area (Å²) in [4.78, 5) is 0. The van der Waals surface area contributed by atoms with E-state index in [-0.39, 0.29) is 0 Å². The first-order valence-corrected chi connectivity index (χ1v) is 13.0. The lowest BCUT2D eigenvalue weighted by Gasteiger charge is -2.22. The molecule has 1 aliphatic rings. The molecule has 152 valence electrons. The van der Waals surface area contributed by atoms with E-state index in [1.807, 2.05) is 0 Å². The normalized spacial score (nSPS) is 18.1. The minimum atomic E-state index is 0.490. The molecular formula is C26H37OS+. The Bertz CT molecular complexity index is 621. The number of unbranched alkanes of at least 4 members (excludes halogenated alkanes) is 3. The molecule has 0 spiro atoms. The number of hydrogen-bond donors (Lipinski definition) is 0. The van der Waals surface area contributed by atoms with Crippen molar-refractivity contribution in [3.8, 4) is 0 Å². The molecule has 0 N–H and O–H groups in total. The van der Waals surface area contributed by atoms with Crippen LogP contribution in [0.4, 0.5) is 0 Å². The average Bonchev–Trinajstić information content (AvgIpc) is 2.76. The topological polar surface area (TPSA) is 9.23 Å². The third kappa shape index (κ3) is 8.41. The molecule has 1 nitrogen and oxygen atoms in total. The van der Waals surface area contributed by atoms with Gasteiger partial charge in [0, 0.05) is 18.6 Å². The second kappa shape index (κ2) is 13.1. The van der Waals surface area contributed by atoms with Crippen molar-refractivity contribution >= 4 is 10.9 Å². The summed E-state index contributed by atoms with van der Waals surface area (Å²) >= 11 is 0. The first-order chi connectivity index (χ1) is 13.9. The van der Waals surface area contributed by atoms with Crippen molar-refractivity contribution in [3.63, 3.8) is 0 Å². The third-order valence-electron chi connectivity index (χ3n) is 5.72. The van der Waals surface area contributed by atoms with Gasteiger partial charge in [-0.3, -0.25) is 0 Å². The van der Waals surface area contributed by atoms with Crippen LogP contribution >= 0.6 is 0 Å². The van der Waals surface area contributed by atoms with Crippen LogP contribution < -0.4 is 0 Å². The lowest BCUT2D eigenvalue weighted by molar-refractivity contribution is 0.00979. The molecule has 2 unspecified atom stereocenters. The summed E-state index contributed by atoms with van der Waals surface area (Å²) < 4.78 is 5.86. The van der Waals surface area contributed by atoms with E-state index in [1.54, 1.807) is 0 Å². The molecular weight excluding hydrogens is 360 g/mol. The Hall–Kier alpha value is -1.25. The van der Waals surface area contributed by atoms with Gasteiger partial charge in [-0.1, -0.05) is 73.5 Å². The molecule has 1 heterocycles. The Labute approximate surface area is 175 Å². The molecule has 3 rings (SSSR count). The molecule has 28 heavy (non-hydrogen) atoms. The molecule has 1 aliphatic heterocycles. The summed E-state index contributed by atoms with van der Waals surface area (Å²) in [5, 5.41) is 0. The zero-order valence-electron chi connectivity index (χ0n) is 17.4. The van der Waals surface area contributed by atoms with Gasteiger partial charge in [0.1, 0.15) is 17.3 Å². The number of ether oxygens (including phenoxy) is 1. The highest BCUT2D eigenvalue weighted by Gasteiger charge is 2.19. The van der Waals surface area contributed by atoms with Crippen LogP contribution in [0.3, 0.4) is 0 Å². The summed E-state index contributed by atoms with van der Waals surface area (Å²) in [7, 11) is 0.490. The summed E-state index contributed by atoms with van der Waals surface area (Å²) in [5.74, 6) is 3.97. The molecule has 0 saturated carbocycles. The predicted octanol–water partition coefficient (Wildman–Crippen LogP) is 6.57. The van der Waals surface area contributed by atoms with E-state index < -0.39 is 0 Å². The summed E-state index contributed by atoms with van der Waals surface area (Å²) in [5.41, 5.74) is 2.99. The minimum absolute atomic E-state index is 0.490. The molecule has 0 radical (unpaired) electrons. The van der Waals surface area contributed by atoms with Gasteiger partial charge in [0.05, 0.1) is 6.10 Å². The Kier molecular flexibility index (Phi) is 10.0. The van der Waals surface area contributed by atoms with Crippen LogP contribution in [0.15, 0.2) is 60.7 Å². The Morgan fingerprint density at radius 1 is 0.750 bits per heavy atom.